The Kier molecular flexibility index (Phi) is 3.21. The van der Waals surface area contributed by atoms with Crippen molar-refractivity contribution in [3.63, 3.8) is 0 Å². The van der Waals surface area contributed by atoms with Crippen molar-refractivity contribution in [2.24, 2.45) is 5.92 Å². The smallest absolute Gasteiger partial charge is 0.324 e. The fraction of sp³-hybridized carbons (Fsp3) is 0.125. The number of esters is 1. The largest absolute Gasteiger partial charge is 0.424 e. The second kappa shape index (κ2) is 5.17. The third-order valence-electron chi connectivity index (χ3n) is 3.24. The molecular formula is C16H13NO3. The van der Waals surface area contributed by atoms with E-state index in [1.165, 1.54) is 0 Å². The maximum absolute atomic E-state index is 12.2. The first-order valence-electron chi connectivity index (χ1n) is 6.39. The van der Waals surface area contributed by atoms with Crippen LogP contribution in [0.15, 0.2) is 54.6 Å². The number of fused-ring (bicyclic) bond motifs is 1. The summed E-state index contributed by atoms with van der Waals surface area (Å²) < 4.78 is 5.29. The van der Waals surface area contributed by atoms with Crippen LogP contribution in [0.2, 0.25) is 0 Å². The maximum Gasteiger partial charge on any atom is 0.324 e. The summed E-state index contributed by atoms with van der Waals surface area (Å²) in [7, 11) is 0. The van der Waals surface area contributed by atoms with E-state index in [1.54, 1.807) is 24.3 Å². The summed E-state index contributed by atoms with van der Waals surface area (Å²) in [5.74, 6) is -1.29. The van der Waals surface area contributed by atoms with Crippen LogP contribution in [0.4, 0.5) is 5.69 Å². The van der Waals surface area contributed by atoms with Gasteiger partial charge in [0, 0.05) is 0 Å². The minimum absolute atomic E-state index is 0.330. The van der Waals surface area contributed by atoms with Crippen LogP contribution in [0.5, 0.6) is 5.75 Å². The van der Waals surface area contributed by atoms with Crippen molar-refractivity contribution in [3.8, 4) is 5.75 Å². The molecule has 1 atom stereocenters. The van der Waals surface area contributed by atoms with Crippen molar-refractivity contribution in [2.75, 3.05) is 5.32 Å². The predicted octanol–water partition coefficient (Wildman–Crippen LogP) is 2.40. The van der Waals surface area contributed by atoms with Crippen LogP contribution in [0.25, 0.3) is 0 Å². The van der Waals surface area contributed by atoms with E-state index < -0.39 is 11.9 Å². The van der Waals surface area contributed by atoms with Crippen molar-refractivity contribution in [1.82, 2.24) is 0 Å². The van der Waals surface area contributed by atoms with E-state index >= 15 is 0 Å². The van der Waals surface area contributed by atoms with E-state index in [0.29, 0.717) is 17.9 Å². The molecule has 1 amide bonds. The second-order valence-electron chi connectivity index (χ2n) is 4.65. The SMILES string of the molecule is O=C1Nc2ccccc2OC(=O)C1Cc1ccccc1. The predicted molar refractivity (Wildman–Crippen MR) is 74.3 cm³/mol. The van der Waals surface area contributed by atoms with E-state index in [1.807, 2.05) is 30.3 Å². The number of carbonyl (C=O) groups excluding carboxylic acids is 2. The molecule has 100 valence electrons. The zero-order valence-electron chi connectivity index (χ0n) is 10.7. The molecule has 0 fully saturated rings. The number of amides is 1. The van der Waals surface area contributed by atoms with Gasteiger partial charge in [-0.15, -0.1) is 0 Å². The number of hydrogen-bond acceptors (Lipinski definition) is 3. The van der Waals surface area contributed by atoms with Crippen LogP contribution in [0.3, 0.4) is 0 Å². The molecule has 0 saturated heterocycles. The van der Waals surface area contributed by atoms with Gasteiger partial charge in [-0.2, -0.15) is 0 Å². The normalized spacial score (nSPS) is 17.7. The maximum atomic E-state index is 12.2. The molecular weight excluding hydrogens is 254 g/mol. The highest BCUT2D eigenvalue weighted by molar-refractivity contribution is 6.08. The van der Waals surface area contributed by atoms with E-state index in [4.69, 9.17) is 4.74 Å². The second-order valence-corrected chi connectivity index (χ2v) is 4.65. The molecule has 1 aliphatic heterocycles. The highest BCUT2D eigenvalue weighted by atomic mass is 16.5. The van der Waals surface area contributed by atoms with Gasteiger partial charge in [0.05, 0.1) is 5.69 Å². The number of anilines is 1. The molecule has 4 nitrogen and oxygen atoms in total. The number of benzene rings is 2. The summed E-state index contributed by atoms with van der Waals surface area (Å²) in [4.78, 5) is 24.3. The summed E-state index contributed by atoms with van der Waals surface area (Å²) in [6, 6.07) is 16.3. The van der Waals surface area contributed by atoms with Gasteiger partial charge in [-0.05, 0) is 24.1 Å². The van der Waals surface area contributed by atoms with Gasteiger partial charge in [-0.3, -0.25) is 9.59 Å². The lowest BCUT2D eigenvalue weighted by atomic mass is 9.99. The first-order chi connectivity index (χ1) is 9.74. The van der Waals surface area contributed by atoms with E-state index in [0.717, 1.165) is 5.56 Å². The summed E-state index contributed by atoms with van der Waals surface area (Å²) >= 11 is 0. The van der Waals surface area contributed by atoms with Gasteiger partial charge < -0.3 is 10.1 Å². The molecule has 20 heavy (non-hydrogen) atoms. The molecule has 1 N–H and O–H groups in total. The van der Waals surface area contributed by atoms with Gasteiger partial charge in [-0.1, -0.05) is 42.5 Å². The van der Waals surface area contributed by atoms with Crippen molar-refractivity contribution >= 4 is 17.6 Å². The lowest BCUT2D eigenvalue weighted by molar-refractivity contribution is -0.142. The van der Waals surface area contributed by atoms with Crippen molar-refractivity contribution in [3.05, 3.63) is 60.2 Å². The Labute approximate surface area is 116 Å². The summed E-state index contributed by atoms with van der Waals surface area (Å²) in [6.07, 6.45) is 0.333. The lowest BCUT2D eigenvalue weighted by Gasteiger charge is -2.10. The molecule has 1 heterocycles. The Balaban J connectivity index is 1.87. The van der Waals surface area contributed by atoms with Crippen LogP contribution in [-0.4, -0.2) is 11.9 Å². The highest BCUT2D eigenvalue weighted by Crippen LogP contribution is 2.29. The number of rotatable bonds is 2. The molecule has 1 unspecified atom stereocenters. The standard InChI is InChI=1S/C16H13NO3/c18-15-12(10-11-6-2-1-3-7-11)16(19)20-14-9-5-4-8-13(14)17-15/h1-9,12H,10H2,(H,17,18). The van der Waals surface area contributed by atoms with Gasteiger partial charge >= 0.3 is 5.97 Å². The third kappa shape index (κ3) is 2.40. The molecule has 3 rings (SSSR count). The minimum atomic E-state index is -0.829. The van der Waals surface area contributed by atoms with Crippen molar-refractivity contribution < 1.29 is 14.3 Å². The van der Waals surface area contributed by atoms with Crippen LogP contribution in [-0.2, 0) is 16.0 Å². The summed E-state index contributed by atoms with van der Waals surface area (Å²) in [5.41, 5.74) is 1.46. The zero-order valence-corrected chi connectivity index (χ0v) is 10.7. The van der Waals surface area contributed by atoms with Gasteiger partial charge in [0.15, 0.2) is 5.75 Å². The van der Waals surface area contributed by atoms with Gasteiger partial charge in [0.25, 0.3) is 0 Å². The Hall–Kier alpha value is -2.62. The molecule has 0 saturated carbocycles. The molecule has 2 aromatic rings. The number of nitrogens with one attached hydrogen (secondary N) is 1. The van der Waals surface area contributed by atoms with Crippen molar-refractivity contribution in [2.45, 2.75) is 6.42 Å². The molecule has 0 aromatic heterocycles. The zero-order chi connectivity index (χ0) is 13.9. The third-order valence-corrected chi connectivity index (χ3v) is 3.24. The molecule has 0 radical (unpaired) electrons. The average molecular weight is 267 g/mol. The Morgan fingerprint density at radius 3 is 2.45 bits per heavy atom. The molecule has 4 heteroatoms. The quantitative estimate of drug-likeness (QED) is 0.516. The first-order valence-corrected chi connectivity index (χ1v) is 6.39. The van der Waals surface area contributed by atoms with Gasteiger partial charge in [-0.25, -0.2) is 0 Å². The molecule has 2 aromatic carbocycles. The lowest BCUT2D eigenvalue weighted by Crippen LogP contribution is -2.31. The average Bonchev–Trinajstić information content (AvgIpc) is 2.58. The van der Waals surface area contributed by atoms with Crippen LogP contribution >= 0.6 is 0 Å². The summed E-state index contributed by atoms with van der Waals surface area (Å²) in [5, 5.41) is 2.74. The fourth-order valence-electron chi connectivity index (χ4n) is 2.19. The summed E-state index contributed by atoms with van der Waals surface area (Å²) in [6.45, 7) is 0. The molecule has 0 spiro atoms. The highest BCUT2D eigenvalue weighted by Gasteiger charge is 2.32. The molecule has 0 aliphatic carbocycles. The van der Waals surface area contributed by atoms with Crippen LogP contribution in [0.1, 0.15) is 5.56 Å². The van der Waals surface area contributed by atoms with Gasteiger partial charge in [0.2, 0.25) is 5.91 Å². The number of para-hydroxylation sites is 2. The molecule has 1 aliphatic rings. The Bertz CT molecular complexity index is 615. The van der Waals surface area contributed by atoms with E-state index in [2.05, 4.69) is 5.32 Å². The topological polar surface area (TPSA) is 55.4 Å². The molecule has 0 bridgehead atoms. The van der Waals surface area contributed by atoms with Crippen molar-refractivity contribution in [1.29, 1.82) is 0 Å². The Morgan fingerprint density at radius 1 is 0.950 bits per heavy atom. The fourth-order valence-corrected chi connectivity index (χ4v) is 2.19. The minimum Gasteiger partial charge on any atom is -0.424 e. The van der Waals surface area contributed by atoms with E-state index in [-0.39, 0.29) is 5.91 Å². The number of ether oxygens (including phenoxy) is 1. The van der Waals surface area contributed by atoms with E-state index in [9.17, 15) is 9.59 Å². The van der Waals surface area contributed by atoms with Crippen LogP contribution < -0.4 is 10.1 Å². The number of carbonyl (C=O) groups is 2. The number of hydrogen-bond donors (Lipinski definition) is 1. The monoisotopic (exact) mass is 267 g/mol. The first kappa shape index (κ1) is 12.4. The van der Waals surface area contributed by atoms with Crippen LogP contribution in [0, 0.1) is 5.92 Å². The van der Waals surface area contributed by atoms with Gasteiger partial charge in [0.1, 0.15) is 5.92 Å². The Morgan fingerprint density at radius 2 is 1.65 bits per heavy atom.